The van der Waals surface area contributed by atoms with Gasteiger partial charge in [0, 0.05) is 10.2 Å². The molecule has 0 heterocycles. The highest BCUT2D eigenvalue weighted by Gasteiger charge is 2.12. The van der Waals surface area contributed by atoms with Crippen molar-refractivity contribution < 1.29 is 9.59 Å². The van der Waals surface area contributed by atoms with E-state index >= 15 is 0 Å². The lowest BCUT2D eigenvalue weighted by molar-refractivity contribution is -0.136. The summed E-state index contributed by atoms with van der Waals surface area (Å²) < 4.78 is 0.950. The molecule has 0 unspecified atom stereocenters. The Labute approximate surface area is 130 Å². The van der Waals surface area contributed by atoms with Gasteiger partial charge in [0.15, 0.2) is 0 Å². The number of carbonyl (C=O) groups excluding carboxylic acids is 2. The van der Waals surface area contributed by atoms with Gasteiger partial charge in [-0.25, -0.2) is 5.43 Å². The zero-order chi connectivity index (χ0) is 15.1. The summed E-state index contributed by atoms with van der Waals surface area (Å²) in [5.41, 5.74) is 3.53. The molecule has 2 aromatic rings. The Morgan fingerprint density at radius 3 is 2.29 bits per heavy atom. The second-order valence-electron chi connectivity index (χ2n) is 4.07. The van der Waals surface area contributed by atoms with E-state index in [1.54, 1.807) is 24.3 Å². The van der Waals surface area contributed by atoms with Crippen molar-refractivity contribution in [2.45, 2.75) is 0 Å². The molecule has 0 saturated heterocycles. The van der Waals surface area contributed by atoms with Gasteiger partial charge in [0.2, 0.25) is 0 Å². The molecule has 0 aliphatic carbocycles. The average Bonchev–Trinajstić information content (AvgIpc) is 2.50. The Morgan fingerprint density at radius 2 is 1.62 bits per heavy atom. The van der Waals surface area contributed by atoms with E-state index in [1.807, 2.05) is 30.3 Å². The van der Waals surface area contributed by atoms with Crippen molar-refractivity contribution in [3.63, 3.8) is 0 Å². The molecule has 0 bridgehead atoms. The van der Waals surface area contributed by atoms with E-state index in [2.05, 4.69) is 31.8 Å². The van der Waals surface area contributed by atoms with Crippen LogP contribution in [0.2, 0.25) is 0 Å². The van der Waals surface area contributed by atoms with Gasteiger partial charge in [-0.05, 0) is 29.8 Å². The summed E-state index contributed by atoms with van der Waals surface area (Å²) in [5, 5.41) is 6.20. The third kappa shape index (κ3) is 4.85. The number of amides is 2. The third-order valence-corrected chi connectivity index (χ3v) is 3.02. The molecule has 0 atom stereocenters. The van der Waals surface area contributed by atoms with Crippen LogP contribution in [0.4, 0.5) is 5.69 Å². The fraction of sp³-hybridized carbons (Fsp3) is 0. The Morgan fingerprint density at radius 1 is 0.952 bits per heavy atom. The Hall–Kier alpha value is -2.47. The van der Waals surface area contributed by atoms with Gasteiger partial charge in [0.25, 0.3) is 0 Å². The molecular weight excluding hydrogens is 334 g/mol. The number of carbonyl (C=O) groups is 2. The van der Waals surface area contributed by atoms with Gasteiger partial charge >= 0.3 is 11.8 Å². The van der Waals surface area contributed by atoms with E-state index in [-0.39, 0.29) is 0 Å². The van der Waals surface area contributed by atoms with Crippen LogP contribution in [0.15, 0.2) is 64.2 Å². The minimum atomic E-state index is -0.827. The Balaban J connectivity index is 1.86. The van der Waals surface area contributed by atoms with Crippen LogP contribution >= 0.6 is 15.9 Å². The van der Waals surface area contributed by atoms with Crippen molar-refractivity contribution in [1.82, 2.24) is 5.43 Å². The molecule has 0 saturated carbocycles. The highest BCUT2D eigenvalue weighted by Crippen LogP contribution is 2.09. The number of hydrogen-bond donors (Lipinski definition) is 2. The Kier molecular flexibility index (Phi) is 5.22. The molecule has 2 N–H and O–H groups in total. The summed E-state index contributed by atoms with van der Waals surface area (Å²) in [6, 6.07) is 16.1. The third-order valence-electron chi connectivity index (χ3n) is 2.49. The van der Waals surface area contributed by atoms with E-state index in [0.29, 0.717) is 5.69 Å². The largest absolute Gasteiger partial charge is 0.329 e. The first-order valence-corrected chi connectivity index (χ1v) is 6.89. The predicted octanol–water partition coefficient (Wildman–Crippen LogP) is 2.54. The SMILES string of the molecule is O=C(N/N=C\c1ccc(Br)cc1)C(=O)Nc1ccccc1. The lowest BCUT2D eigenvalue weighted by Gasteiger charge is -2.02. The number of halogens is 1. The summed E-state index contributed by atoms with van der Waals surface area (Å²) in [5.74, 6) is -1.60. The minimum Gasteiger partial charge on any atom is -0.318 e. The van der Waals surface area contributed by atoms with Gasteiger partial charge in [-0.3, -0.25) is 9.59 Å². The predicted molar refractivity (Wildman–Crippen MR) is 85.0 cm³/mol. The second kappa shape index (κ2) is 7.35. The molecule has 0 aliphatic rings. The van der Waals surface area contributed by atoms with Gasteiger partial charge in [0.05, 0.1) is 6.21 Å². The van der Waals surface area contributed by atoms with Crippen LogP contribution in [-0.4, -0.2) is 18.0 Å². The maximum atomic E-state index is 11.6. The summed E-state index contributed by atoms with van der Waals surface area (Å²) in [4.78, 5) is 23.1. The smallest absolute Gasteiger partial charge is 0.318 e. The average molecular weight is 346 g/mol. The number of para-hydroxylation sites is 1. The summed E-state index contributed by atoms with van der Waals surface area (Å²) in [6.45, 7) is 0. The van der Waals surface area contributed by atoms with E-state index in [1.165, 1.54) is 6.21 Å². The van der Waals surface area contributed by atoms with Crippen molar-refractivity contribution in [2.24, 2.45) is 5.10 Å². The van der Waals surface area contributed by atoms with Crippen molar-refractivity contribution in [2.75, 3.05) is 5.32 Å². The van der Waals surface area contributed by atoms with Crippen molar-refractivity contribution in [1.29, 1.82) is 0 Å². The quantitative estimate of drug-likeness (QED) is 0.509. The number of rotatable bonds is 3. The molecular formula is C15H12BrN3O2. The Bertz CT molecular complexity index is 654. The number of benzene rings is 2. The van der Waals surface area contributed by atoms with Crippen LogP contribution < -0.4 is 10.7 Å². The maximum Gasteiger partial charge on any atom is 0.329 e. The van der Waals surface area contributed by atoms with Gasteiger partial charge in [0.1, 0.15) is 0 Å². The van der Waals surface area contributed by atoms with Crippen LogP contribution in [0.1, 0.15) is 5.56 Å². The van der Waals surface area contributed by atoms with E-state index in [4.69, 9.17) is 0 Å². The summed E-state index contributed by atoms with van der Waals surface area (Å²) in [6.07, 6.45) is 1.46. The molecule has 2 aromatic carbocycles. The topological polar surface area (TPSA) is 70.6 Å². The van der Waals surface area contributed by atoms with Crippen LogP contribution in [0.25, 0.3) is 0 Å². The number of nitrogens with zero attached hydrogens (tertiary/aromatic N) is 1. The summed E-state index contributed by atoms with van der Waals surface area (Å²) in [7, 11) is 0. The molecule has 21 heavy (non-hydrogen) atoms. The van der Waals surface area contributed by atoms with Gasteiger partial charge < -0.3 is 5.32 Å². The monoisotopic (exact) mass is 345 g/mol. The molecule has 0 aliphatic heterocycles. The first-order chi connectivity index (χ1) is 10.1. The van der Waals surface area contributed by atoms with Crippen molar-refractivity contribution in [3.05, 3.63) is 64.6 Å². The first kappa shape index (κ1) is 14.9. The number of anilines is 1. The molecule has 106 valence electrons. The van der Waals surface area contributed by atoms with Crippen molar-refractivity contribution >= 4 is 39.6 Å². The lowest BCUT2D eigenvalue weighted by atomic mass is 10.2. The first-order valence-electron chi connectivity index (χ1n) is 6.10. The number of hydrazone groups is 1. The van der Waals surface area contributed by atoms with Gasteiger partial charge in [-0.15, -0.1) is 0 Å². The zero-order valence-electron chi connectivity index (χ0n) is 10.9. The molecule has 0 radical (unpaired) electrons. The van der Waals surface area contributed by atoms with Crippen LogP contribution in [0.5, 0.6) is 0 Å². The fourth-order valence-corrected chi connectivity index (χ4v) is 1.74. The number of nitrogens with one attached hydrogen (secondary N) is 2. The molecule has 0 aromatic heterocycles. The standard InChI is InChI=1S/C15H12BrN3O2/c16-12-8-6-11(7-9-12)10-17-19-15(21)14(20)18-13-4-2-1-3-5-13/h1-10H,(H,18,20)(H,19,21)/b17-10-. The number of hydrogen-bond acceptors (Lipinski definition) is 3. The maximum absolute atomic E-state index is 11.6. The molecule has 0 fully saturated rings. The molecule has 6 heteroatoms. The lowest BCUT2D eigenvalue weighted by Crippen LogP contribution is -2.32. The minimum absolute atomic E-state index is 0.550. The molecule has 2 rings (SSSR count). The van der Waals surface area contributed by atoms with Gasteiger partial charge in [-0.1, -0.05) is 46.3 Å². The second-order valence-corrected chi connectivity index (χ2v) is 4.99. The zero-order valence-corrected chi connectivity index (χ0v) is 12.5. The van der Waals surface area contributed by atoms with Crippen molar-refractivity contribution in [3.8, 4) is 0 Å². The van der Waals surface area contributed by atoms with Crippen LogP contribution in [-0.2, 0) is 9.59 Å². The van der Waals surface area contributed by atoms with E-state index in [9.17, 15) is 9.59 Å². The van der Waals surface area contributed by atoms with Crippen LogP contribution in [0, 0.1) is 0 Å². The molecule has 0 spiro atoms. The highest BCUT2D eigenvalue weighted by atomic mass is 79.9. The van der Waals surface area contributed by atoms with E-state index in [0.717, 1.165) is 10.0 Å². The highest BCUT2D eigenvalue weighted by molar-refractivity contribution is 9.10. The fourth-order valence-electron chi connectivity index (χ4n) is 1.47. The van der Waals surface area contributed by atoms with Crippen LogP contribution in [0.3, 0.4) is 0 Å². The normalized spacial score (nSPS) is 10.3. The molecule has 5 nitrogen and oxygen atoms in total. The van der Waals surface area contributed by atoms with Gasteiger partial charge in [-0.2, -0.15) is 5.10 Å². The van der Waals surface area contributed by atoms with E-state index < -0.39 is 11.8 Å². The molecule has 2 amide bonds. The summed E-state index contributed by atoms with van der Waals surface area (Å²) >= 11 is 3.32.